The Morgan fingerprint density at radius 3 is 2.00 bits per heavy atom. The lowest BCUT2D eigenvalue weighted by atomic mass is 10.1. The van der Waals surface area contributed by atoms with Crippen LogP contribution in [-0.4, -0.2) is 32.6 Å². The van der Waals surface area contributed by atoms with Crippen molar-refractivity contribution in [3.63, 3.8) is 0 Å². The first kappa shape index (κ1) is 19.8. The van der Waals surface area contributed by atoms with E-state index in [0.29, 0.717) is 24.6 Å². The molecule has 4 nitrogen and oxygen atoms in total. The normalized spacial score (nSPS) is 20.2. The van der Waals surface area contributed by atoms with Crippen molar-refractivity contribution in [3.05, 3.63) is 94.5 Å². The molecule has 29 heavy (non-hydrogen) atoms. The zero-order chi connectivity index (χ0) is 20.4. The molecule has 1 aliphatic rings. The zero-order valence-corrected chi connectivity index (χ0v) is 17.1. The first-order chi connectivity index (χ1) is 14.0. The van der Waals surface area contributed by atoms with Gasteiger partial charge in [-0.1, -0.05) is 66.2 Å². The molecule has 4 rings (SSSR count). The zero-order valence-electron chi connectivity index (χ0n) is 16.4. The number of aromatic hydroxyl groups is 2. The van der Waals surface area contributed by atoms with Gasteiger partial charge >= 0.3 is 0 Å². The van der Waals surface area contributed by atoms with E-state index in [1.165, 1.54) is 0 Å². The Morgan fingerprint density at radius 2 is 1.38 bits per heavy atom. The van der Waals surface area contributed by atoms with Crippen molar-refractivity contribution in [1.82, 2.24) is 9.80 Å². The smallest absolute Gasteiger partial charge is 0.120 e. The van der Waals surface area contributed by atoms with Crippen LogP contribution in [-0.2, 0) is 13.1 Å². The van der Waals surface area contributed by atoms with Crippen LogP contribution in [0.2, 0.25) is 5.02 Å². The molecule has 0 saturated carbocycles. The highest BCUT2D eigenvalue weighted by molar-refractivity contribution is 6.31. The number of halogens is 1. The summed E-state index contributed by atoms with van der Waals surface area (Å²) in [5.41, 5.74) is 2.81. The molecule has 0 bridgehead atoms. The number of nitrogens with zero attached hydrogens (tertiary/aromatic N) is 2. The molecular formula is C24H25ClN2O2. The SMILES string of the molecule is C[C@@H]1CN(Cc2ccccc2O)[C@H](c2ccccc2Cl)N1Cc1ccccc1O. The van der Waals surface area contributed by atoms with Gasteiger partial charge in [-0.25, -0.2) is 0 Å². The van der Waals surface area contributed by atoms with Crippen LogP contribution in [0, 0.1) is 0 Å². The quantitative estimate of drug-likeness (QED) is 0.612. The molecule has 1 fully saturated rings. The van der Waals surface area contributed by atoms with Crippen LogP contribution in [0.1, 0.15) is 29.8 Å². The number of hydrogen-bond acceptors (Lipinski definition) is 4. The molecule has 2 atom stereocenters. The Labute approximate surface area is 176 Å². The van der Waals surface area contributed by atoms with Gasteiger partial charge in [0.2, 0.25) is 0 Å². The van der Waals surface area contributed by atoms with E-state index < -0.39 is 0 Å². The summed E-state index contributed by atoms with van der Waals surface area (Å²) < 4.78 is 0. The Hall–Kier alpha value is -2.53. The molecular weight excluding hydrogens is 384 g/mol. The van der Waals surface area contributed by atoms with Gasteiger partial charge in [-0.2, -0.15) is 0 Å². The van der Waals surface area contributed by atoms with Gasteiger partial charge in [-0.3, -0.25) is 9.80 Å². The minimum Gasteiger partial charge on any atom is -0.508 e. The monoisotopic (exact) mass is 408 g/mol. The van der Waals surface area contributed by atoms with Crippen LogP contribution >= 0.6 is 11.6 Å². The number of rotatable bonds is 5. The molecule has 150 valence electrons. The molecule has 1 aliphatic heterocycles. The molecule has 5 heteroatoms. The molecule has 0 amide bonds. The van der Waals surface area contributed by atoms with Crippen LogP contribution in [0.5, 0.6) is 11.5 Å². The average molecular weight is 409 g/mol. The third-order valence-electron chi connectivity index (χ3n) is 5.62. The first-order valence-electron chi connectivity index (χ1n) is 9.82. The van der Waals surface area contributed by atoms with Gasteiger partial charge in [-0.15, -0.1) is 0 Å². The van der Waals surface area contributed by atoms with E-state index in [9.17, 15) is 10.2 Å². The summed E-state index contributed by atoms with van der Waals surface area (Å²) in [6, 6.07) is 23.1. The lowest BCUT2D eigenvalue weighted by Gasteiger charge is -2.32. The van der Waals surface area contributed by atoms with Crippen molar-refractivity contribution in [2.45, 2.75) is 32.2 Å². The largest absolute Gasteiger partial charge is 0.508 e. The fraction of sp³-hybridized carbons (Fsp3) is 0.250. The standard InChI is InChI=1S/C24H25ClN2O2/c1-17-14-26(15-18-8-2-6-12-22(18)28)24(20-10-4-5-11-21(20)25)27(17)16-19-9-3-7-13-23(19)29/h2-13,17,24,28-29H,14-16H2,1H3/t17-,24+/m1/s1. The summed E-state index contributed by atoms with van der Waals surface area (Å²) in [6.07, 6.45) is -0.0575. The highest BCUT2D eigenvalue weighted by Gasteiger charge is 2.39. The van der Waals surface area contributed by atoms with Crippen LogP contribution in [0.15, 0.2) is 72.8 Å². The van der Waals surface area contributed by atoms with E-state index >= 15 is 0 Å². The van der Waals surface area contributed by atoms with Gasteiger partial charge in [0.05, 0.1) is 6.17 Å². The summed E-state index contributed by atoms with van der Waals surface area (Å²) in [5, 5.41) is 21.3. The lowest BCUT2D eigenvalue weighted by Crippen LogP contribution is -2.32. The van der Waals surface area contributed by atoms with Crippen molar-refractivity contribution < 1.29 is 10.2 Å². The molecule has 0 unspecified atom stereocenters. The van der Waals surface area contributed by atoms with Crippen LogP contribution in [0.25, 0.3) is 0 Å². The maximum absolute atomic E-state index is 10.3. The number of phenols is 2. The molecule has 3 aromatic rings. The number of benzene rings is 3. The number of phenolic OH excluding ortho intramolecular Hbond substituents is 2. The Kier molecular flexibility index (Phi) is 5.76. The molecule has 0 aliphatic carbocycles. The van der Waals surface area contributed by atoms with Crippen LogP contribution < -0.4 is 0 Å². The van der Waals surface area contributed by atoms with Gasteiger partial charge in [0.15, 0.2) is 0 Å². The summed E-state index contributed by atoms with van der Waals surface area (Å²) in [6.45, 7) is 4.25. The summed E-state index contributed by atoms with van der Waals surface area (Å²) in [4.78, 5) is 4.69. The van der Waals surface area contributed by atoms with Crippen molar-refractivity contribution in [1.29, 1.82) is 0 Å². The predicted octanol–water partition coefficient (Wildman–Crippen LogP) is 5.16. The molecule has 1 saturated heterocycles. The molecule has 0 aromatic heterocycles. The number of para-hydroxylation sites is 2. The van der Waals surface area contributed by atoms with Gasteiger partial charge in [-0.05, 0) is 25.1 Å². The summed E-state index contributed by atoms with van der Waals surface area (Å²) in [7, 11) is 0. The topological polar surface area (TPSA) is 46.9 Å². The second-order valence-electron chi connectivity index (χ2n) is 7.60. The Morgan fingerprint density at radius 1 is 0.828 bits per heavy atom. The van der Waals surface area contributed by atoms with E-state index in [1.807, 2.05) is 54.6 Å². The third-order valence-corrected chi connectivity index (χ3v) is 5.96. The Balaban J connectivity index is 1.71. The Bertz CT molecular complexity index is 994. The van der Waals surface area contributed by atoms with E-state index in [1.54, 1.807) is 12.1 Å². The fourth-order valence-corrected chi connectivity index (χ4v) is 4.39. The van der Waals surface area contributed by atoms with Gasteiger partial charge in [0, 0.05) is 47.4 Å². The molecule has 1 heterocycles. The average Bonchev–Trinajstić information content (AvgIpc) is 3.01. The van der Waals surface area contributed by atoms with Gasteiger partial charge in [0.25, 0.3) is 0 Å². The van der Waals surface area contributed by atoms with E-state index in [0.717, 1.165) is 28.3 Å². The maximum atomic E-state index is 10.3. The van der Waals surface area contributed by atoms with Gasteiger partial charge in [0.1, 0.15) is 11.5 Å². The van der Waals surface area contributed by atoms with Crippen molar-refractivity contribution in [3.8, 4) is 11.5 Å². The second-order valence-corrected chi connectivity index (χ2v) is 8.01. The van der Waals surface area contributed by atoms with E-state index in [2.05, 4.69) is 22.8 Å². The lowest BCUT2D eigenvalue weighted by molar-refractivity contribution is 0.111. The van der Waals surface area contributed by atoms with Gasteiger partial charge < -0.3 is 10.2 Å². The van der Waals surface area contributed by atoms with Crippen molar-refractivity contribution >= 4 is 11.6 Å². The summed E-state index contributed by atoms with van der Waals surface area (Å²) >= 11 is 6.60. The van der Waals surface area contributed by atoms with Crippen molar-refractivity contribution in [2.24, 2.45) is 0 Å². The minimum atomic E-state index is -0.0575. The fourth-order valence-electron chi connectivity index (χ4n) is 4.15. The highest BCUT2D eigenvalue weighted by atomic mass is 35.5. The minimum absolute atomic E-state index is 0.0575. The molecule has 2 N–H and O–H groups in total. The number of hydrogen-bond donors (Lipinski definition) is 2. The molecule has 0 spiro atoms. The predicted molar refractivity (Wildman–Crippen MR) is 116 cm³/mol. The molecule has 0 radical (unpaired) electrons. The molecule has 3 aromatic carbocycles. The van der Waals surface area contributed by atoms with E-state index in [4.69, 9.17) is 11.6 Å². The van der Waals surface area contributed by atoms with Crippen LogP contribution in [0.4, 0.5) is 0 Å². The maximum Gasteiger partial charge on any atom is 0.120 e. The first-order valence-corrected chi connectivity index (χ1v) is 10.2. The van der Waals surface area contributed by atoms with E-state index in [-0.39, 0.29) is 12.2 Å². The third kappa shape index (κ3) is 4.10. The van der Waals surface area contributed by atoms with Crippen LogP contribution in [0.3, 0.4) is 0 Å². The van der Waals surface area contributed by atoms with Crippen molar-refractivity contribution in [2.75, 3.05) is 6.54 Å². The highest BCUT2D eigenvalue weighted by Crippen LogP contribution is 2.40. The summed E-state index contributed by atoms with van der Waals surface area (Å²) in [5.74, 6) is 0.606. The second kappa shape index (κ2) is 8.46.